The van der Waals surface area contributed by atoms with E-state index in [1.54, 1.807) is 0 Å². The van der Waals surface area contributed by atoms with E-state index < -0.39 is 6.23 Å². The van der Waals surface area contributed by atoms with Gasteiger partial charge in [-0.15, -0.1) is 0 Å². The van der Waals surface area contributed by atoms with E-state index in [0.29, 0.717) is 11.6 Å². The predicted octanol–water partition coefficient (Wildman–Crippen LogP) is 2.60. The minimum atomic E-state index is -0.538. The van der Waals surface area contributed by atoms with Gasteiger partial charge in [0.15, 0.2) is 6.29 Å². The molecule has 102 valence electrons. The van der Waals surface area contributed by atoms with E-state index in [9.17, 15) is 4.79 Å². The second-order valence-electron chi connectivity index (χ2n) is 4.93. The van der Waals surface area contributed by atoms with Crippen molar-refractivity contribution in [3.05, 3.63) is 28.8 Å². The van der Waals surface area contributed by atoms with Crippen LogP contribution in [0.25, 0.3) is 0 Å². The maximum atomic E-state index is 11.3. The number of benzene rings is 1. The van der Waals surface area contributed by atoms with Crippen molar-refractivity contribution < 1.29 is 9.53 Å². The number of carbonyl (C=O) groups is 1. The molecule has 2 aliphatic rings. The molecule has 0 spiro atoms. The van der Waals surface area contributed by atoms with E-state index in [4.69, 9.17) is 16.3 Å². The Labute approximate surface area is 117 Å². The number of rotatable bonds is 2. The molecule has 1 unspecified atom stereocenters. The van der Waals surface area contributed by atoms with Gasteiger partial charge >= 0.3 is 0 Å². The summed E-state index contributed by atoms with van der Waals surface area (Å²) in [6, 6.07) is 5.79. The lowest BCUT2D eigenvalue weighted by molar-refractivity contribution is -0.122. The van der Waals surface area contributed by atoms with Crippen molar-refractivity contribution in [1.29, 1.82) is 0 Å². The Morgan fingerprint density at radius 2 is 2.05 bits per heavy atom. The van der Waals surface area contributed by atoms with E-state index in [1.807, 2.05) is 23.2 Å². The second-order valence-corrected chi connectivity index (χ2v) is 5.34. The number of anilines is 1. The van der Waals surface area contributed by atoms with E-state index >= 15 is 0 Å². The fourth-order valence-electron chi connectivity index (χ4n) is 2.78. The Hall–Kier alpha value is -1.10. The molecule has 5 heteroatoms. The lowest BCUT2D eigenvalue weighted by Crippen LogP contribution is -2.54. The monoisotopic (exact) mass is 280 g/mol. The number of halogens is 1. The molecule has 0 radical (unpaired) electrons. The van der Waals surface area contributed by atoms with Gasteiger partial charge in [0, 0.05) is 23.7 Å². The van der Waals surface area contributed by atoms with Crippen molar-refractivity contribution in [2.45, 2.75) is 32.1 Å². The Morgan fingerprint density at radius 1 is 1.26 bits per heavy atom. The summed E-state index contributed by atoms with van der Waals surface area (Å²) >= 11 is 6.22. The first-order valence-electron chi connectivity index (χ1n) is 6.69. The Kier molecular flexibility index (Phi) is 3.73. The van der Waals surface area contributed by atoms with E-state index in [0.717, 1.165) is 43.5 Å². The van der Waals surface area contributed by atoms with Gasteiger partial charge in [0.1, 0.15) is 0 Å². The number of ether oxygens (including phenoxy) is 1. The van der Waals surface area contributed by atoms with Crippen molar-refractivity contribution in [3.63, 3.8) is 0 Å². The summed E-state index contributed by atoms with van der Waals surface area (Å²) < 4.78 is 5.63. The van der Waals surface area contributed by atoms with Crippen molar-refractivity contribution in [1.82, 2.24) is 5.01 Å². The fourth-order valence-corrected chi connectivity index (χ4v) is 3.01. The quantitative estimate of drug-likeness (QED) is 0.780. The smallest absolute Gasteiger partial charge is 0.200 e. The molecule has 0 saturated carbocycles. The number of hydrogen-bond donors (Lipinski definition) is 0. The number of carbonyl (C=O) groups excluding carboxylic acids is 1. The predicted molar refractivity (Wildman–Crippen MR) is 74.0 cm³/mol. The summed E-state index contributed by atoms with van der Waals surface area (Å²) in [5.74, 6) is 0. The lowest BCUT2D eigenvalue weighted by Gasteiger charge is -2.44. The normalized spacial score (nSPS) is 24.1. The molecule has 19 heavy (non-hydrogen) atoms. The minimum absolute atomic E-state index is 0.392. The zero-order valence-corrected chi connectivity index (χ0v) is 11.5. The fraction of sp³-hybridized carbons (Fsp3) is 0.500. The molecule has 1 atom stereocenters. The van der Waals surface area contributed by atoms with Gasteiger partial charge in [-0.3, -0.25) is 9.80 Å². The van der Waals surface area contributed by atoms with Gasteiger partial charge in [0.05, 0.1) is 12.3 Å². The molecule has 0 aliphatic carbocycles. The highest BCUT2D eigenvalue weighted by atomic mass is 35.5. The lowest BCUT2D eigenvalue weighted by atomic mass is 10.1. The summed E-state index contributed by atoms with van der Waals surface area (Å²) in [7, 11) is 0. The number of hydrogen-bond acceptors (Lipinski definition) is 4. The highest BCUT2D eigenvalue weighted by molar-refractivity contribution is 6.31. The number of hydrazine groups is 1. The minimum Gasteiger partial charge on any atom is -0.345 e. The van der Waals surface area contributed by atoms with Crippen LogP contribution >= 0.6 is 11.6 Å². The van der Waals surface area contributed by atoms with Gasteiger partial charge in [0.2, 0.25) is 6.23 Å². The molecule has 1 aromatic rings. The van der Waals surface area contributed by atoms with Crippen LogP contribution < -0.4 is 5.01 Å². The van der Waals surface area contributed by atoms with Crippen molar-refractivity contribution in [2.75, 3.05) is 18.1 Å². The van der Waals surface area contributed by atoms with Gasteiger partial charge in [-0.2, -0.15) is 0 Å². The SMILES string of the molecule is O=CC1OCc2c(Cl)cccc2N1N1CCCCC1. The van der Waals surface area contributed by atoms with E-state index in [-0.39, 0.29) is 0 Å². The van der Waals surface area contributed by atoms with Crippen LogP contribution in [0.15, 0.2) is 18.2 Å². The topological polar surface area (TPSA) is 32.8 Å². The van der Waals surface area contributed by atoms with Crippen LogP contribution in [0.3, 0.4) is 0 Å². The van der Waals surface area contributed by atoms with Gasteiger partial charge in [0.25, 0.3) is 0 Å². The summed E-state index contributed by atoms with van der Waals surface area (Å²) in [6.45, 7) is 2.31. The first kappa shape index (κ1) is 12.9. The van der Waals surface area contributed by atoms with Crippen molar-refractivity contribution in [3.8, 4) is 0 Å². The number of aldehydes is 1. The van der Waals surface area contributed by atoms with E-state index in [1.165, 1.54) is 6.42 Å². The highest BCUT2D eigenvalue weighted by Crippen LogP contribution is 2.35. The maximum absolute atomic E-state index is 11.3. The second kappa shape index (κ2) is 5.49. The molecular formula is C14H17ClN2O2. The van der Waals surface area contributed by atoms with Gasteiger partial charge in [-0.25, -0.2) is 5.01 Å². The number of piperidine rings is 1. The zero-order valence-electron chi connectivity index (χ0n) is 10.7. The molecule has 0 amide bonds. The molecule has 2 aliphatic heterocycles. The molecule has 1 fully saturated rings. The third kappa shape index (κ3) is 2.36. The average molecular weight is 281 g/mol. The molecule has 1 saturated heterocycles. The first-order chi connectivity index (χ1) is 9.31. The van der Waals surface area contributed by atoms with Crippen molar-refractivity contribution in [2.24, 2.45) is 0 Å². The van der Waals surface area contributed by atoms with Gasteiger partial charge in [-0.1, -0.05) is 24.1 Å². The average Bonchev–Trinajstić information content (AvgIpc) is 2.47. The third-order valence-corrected chi connectivity index (χ3v) is 4.09. The molecule has 2 heterocycles. The van der Waals surface area contributed by atoms with Crippen LogP contribution in [-0.4, -0.2) is 30.6 Å². The van der Waals surface area contributed by atoms with Crippen molar-refractivity contribution >= 4 is 23.6 Å². The van der Waals surface area contributed by atoms with E-state index in [2.05, 4.69) is 5.01 Å². The Bertz CT molecular complexity index is 475. The summed E-state index contributed by atoms with van der Waals surface area (Å²) in [6.07, 6.45) is 3.87. The molecule has 4 nitrogen and oxygen atoms in total. The molecule has 0 aromatic heterocycles. The van der Waals surface area contributed by atoms with Crippen LogP contribution in [0.1, 0.15) is 24.8 Å². The third-order valence-electron chi connectivity index (χ3n) is 3.73. The number of nitrogens with zero attached hydrogens (tertiary/aromatic N) is 2. The molecule has 0 N–H and O–H groups in total. The highest BCUT2D eigenvalue weighted by Gasteiger charge is 2.32. The molecule has 3 rings (SSSR count). The largest absolute Gasteiger partial charge is 0.345 e. The summed E-state index contributed by atoms with van der Waals surface area (Å²) in [4.78, 5) is 11.3. The number of fused-ring (bicyclic) bond motifs is 1. The Morgan fingerprint density at radius 3 is 2.79 bits per heavy atom. The van der Waals surface area contributed by atoms with Crippen LogP contribution in [0.4, 0.5) is 5.69 Å². The summed E-state index contributed by atoms with van der Waals surface area (Å²) in [5.41, 5.74) is 1.96. The molecular weight excluding hydrogens is 264 g/mol. The van der Waals surface area contributed by atoms with Gasteiger partial charge in [-0.05, 0) is 25.0 Å². The summed E-state index contributed by atoms with van der Waals surface area (Å²) in [5, 5.41) is 4.87. The first-order valence-corrected chi connectivity index (χ1v) is 7.07. The van der Waals surface area contributed by atoms with Crippen LogP contribution in [0, 0.1) is 0 Å². The van der Waals surface area contributed by atoms with Crippen LogP contribution in [0.2, 0.25) is 5.02 Å². The zero-order chi connectivity index (χ0) is 13.2. The van der Waals surface area contributed by atoms with Crippen LogP contribution in [-0.2, 0) is 16.1 Å². The maximum Gasteiger partial charge on any atom is 0.200 e. The Balaban J connectivity index is 1.99. The molecule has 1 aromatic carbocycles. The standard InChI is InChI=1S/C14H17ClN2O2/c15-12-5-4-6-13-11(12)10-19-14(9-18)17(13)16-7-2-1-3-8-16/h4-6,9,14H,1-3,7-8,10H2. The van der Waals surface area contributed by atoms with Crippen LogP contribution in [0.5, 0.6) is 0 Å². The molecule has 0 bridgehead atoms. The van der Waals surface area contributed by atoms with Gasteiger partial charge < -0.3 is 4.74 Å².